The van der Waals surface area contributed by atoms with Gasteiger partial charge >= 0.3 is 5.89 Å². The lowest BCUT2D eigenvalue weighted by Crippen LogP contribution is -2.31. The van der Waals surface area contributed by atoms with Crippen molar-refractivity contribution in [1.29, 1.82) is 0 Å². The third-order valence-electron chi connectivity index (χ3n) is 2.46. The Balaban J connectivity index is 2.03. The molecule has 82 valence electrons. The van der Waals surface area contributed by atoms with Gasteiger partial charge in [-0.05, 0) is 12.1 Å². The Hall–Kier alpha value is -2.03. The maximum atomic E-state index is 5.37. The van der Waals surface area contributed by atoms with Crippen LogP contribution in [0, 0.1) is 6.92 Å². The third-order valence-corrected chi connectivity index (χ3v) is 2.46. The molecular weight excluding hydrogens is 200 g/mol. The van der Waals surface area contributed by atoms with E-state index in [9.17, 15) is 0 Å². The van der Waals surface area contributed by atoms with E-state index in [1.807, 2.05) is 61.1 Å². The first kappa shape index (κ1) is 10.5. The van der Waals surface area contributed by atoms with E-state index < -0.39 is 0 Å². The van der Waals surface area contributed by atoms with Crippen LogP contribution in [0.3, 0.4) is 0 Å². The van der Waals surface area contributed by atoms with E-state index in [0.29, 0.717) is 0 Å². The Bertz CT molecular complexity index is 486. The van der Waals surface area contributed by atoms with Crippen molar-refractivity contribution in [3.05, 3.63) is 54.4 Å². The Labute approximate surface area is 95.0 Å². The molecule has 0 radical (unpaired) electrons. The lowest BCUT2D eigenvalue weighted by Gasteiger charge is -1.97. The molecule has 16 heavy (non-hydrogen) atoms. The first-order valence-electron chi connectivity index (χ1n) is 5.19. The molecule has 0 amide bonds. The summed E-state index contributed by atoms with van der Waals surface area (Å²) in [7, 11) is 1.97. The van der Waals surface area contributed by atoms with Crippen molar-refractivity contribution in [2.45, 2.75) is 6.92 Å². The molecule has 3 nitrogen and oxygen atoms in total. The number of nitrogens with one attached hydrogen (secondary N) is 1. The highest BCUT2D eigenvalue weighted by Gasteiger charge is 2.10. The van der Waals surface area contributed by atoms with Crippen LogP contribution in [-0.2, 0) is 7.05 Å². The number of anilines is 1. The monoisotopic (exact) mass is 215 g/mol. The fourth-order valence-electron chi connectivity index (χ4n) is 1.37. The van der Waals surface area contributed by atoms with Gasteiger partial charge in [0.1, 0.15) is 7.05 Å². The highest BCUT2D eigenvalue weighted by molar-refractivity contribution is 5.49. The summed E-state index contributed by atoms with van der Waals surface area (Å²) < 4.78 is 7.36. The molecule has 0 aliphatic heterocycles. The topological polar surface area (TPSA) is 29.1 Å². The van der Waals surface area contributed by atoms with Gasteiger partial charge in [-0.15, -0.1) is 0 Å². The Morgan fingerprint density at radius 3 is 2.62 bits per heavy atom. The SMILES string of the molecule is Cc1coc(/C=C/Nc2ccccc2)[n+]1C. The number of benzene rings is 1. The van der Waals surface area contributed by atoms with Crippen LogP contribution >= 0.6 is 0 Å². The fourth-order valence-corrected chi connectivity index (χ4v) is 1.37. The van der Waals surface area contributed by atoms with Crippen LogP contribution in [0.1, 0.15) is 11.6 Å². The van der Waals surface area contributed by atoms with Gasteiger partial charge in [0, 0.05) is 18.8 Å². The number of hydrogen-bond acceptors (Lipinski definition) is 2. The second-order valence-electron chi connectivity index (χ2n) is 3.62. The van der Waals surface area contributed by atoms with E-state index in [0.717, 1.165) is 17.3 Å². The highest BCUT2D eigenvalue weighted by Crippen LogP contribution is 2.05. The molecule has 0 atom stereocenters. The third kappa shape index (κ3) is 2.31. The molecule has 0 aliphatic carbocycles. The smallest absolute Gasteiger partial charge is 0.374 e. The first-order chi connectivity index (χ1) is 7.77. The molecule has 1 aromatic heterocycles. The van der Waals surface area contributed by atoms with Gasteiger partial charge in [0.25, 0.3) is 0 Å². The van der Waals surface area contributed by atoms with E-state index in [4.69, 9.17) is 4.42 Å². The Kier molecular flexibility index (Phi) is 3.05. The average molecular weight is 215 g/mol. The second kappa shape index (κ2) is 4.66. The number of aryl methyl sites for hydroxylation is 1. The Morgan fingerprint density at radius 2 is 2.00 bits per heavy atom. The molecule has 3 heteroatoms. The van der Waals surface area contributed by atoms with Crippen LogP contribution in [0.15, 0.2) is 47.2 Å². The predicted molar refractivity (Wildman–Crippen MR) is 63.7 cm³/mol. The van der Waals surface area contributed by atoms with Gasteiger partial charge in [-0.3, -0.25) is 0 Å². The fraction of sp³-hybridized carbons (Fsp3) is 0.154. The summed E-state index contributed by atoms with van der Waals surface area (Å²) in [5.74, 6) is 0.820. The molecule has 0 aliphatic rings. The van der Waals surface area contributed by atoms with Gasteiger partial charge < -0.3 is 9.73 Å². The van der Waals surface area contributed by atoms with Crippen LogP contribution in [0.4, 0.5) is 5.69 Å². The normalized spacial score (nSPS) is 10.9. The second-order valence-corrected chi connectivity index (χ2v) is 3.62. The van der Waals surface area contributed by atoms with E-state index in [1.54, 1.807) is 6.26 Å². The minimum Gasteiger partial charge on any atom is -0.406 e. The minimum atomic E-state index is 0.820. The predicted octanol–water partition coefficient (Wildman–Crippen LogP) is 2.50. The van der Waals surface area contributed by atoms with Gasteiger partial charge in [0.05, 0.1) is 6.08 Å². The van der Waals surface area contributed by atoms with Gasteiger partial charge in [0.15, 0.2) is 6.26 Å². The number of oxazole rings is 1. The molecule has 2 aromatic rings. The van der Waals surface area contributed by atoms with Crippen molar-refractivity contribution in [3.63, 3.8) is 0 Å². The highest BCUT2D eigenvalue weighted by atomic mass is 16.3. The molecule has 1 N–H and O–H groups in total. The van der Waals surface area contributed by atoms with Gasteiger partial charge in [-0.1, -0.05) is 18.2 Å². The molecule has 0 unspecified atom stereocenters. The van der Waals surface area contributed by atoms with Gasteiger partial charge in [-0.2, -0.15) is 4.57 Å². The zero-order valence-electron chi connectivity index (χ0n) is 9.47. The number of nitrogens with zero attached hydrogens (tertiary/aromatic N) is 1. The zero-order valence-corrected chi connectivity index (χ0v) is 9.47. The van der Waals surface area contributed by atoms with Crippen molar-refractivity contribution in [3.8, 4) is 0 Å². The Morgan fingerprint density at radius 1 is 1.25 bits per heavy atom. The number of aromatic nitrogens is 1. The van der Waals surface area contributed by atoms with E-state index in [1.165, 1.54) is 0 Å². The lowest BCUT2D eigenvalue weighted by molar-refractivity contribution is -0.682. The number of rotatable bonds is 3. The van der Waals surface area contributed by atoms with Crippen molar-refractivity contribution in [2.24, 2.45) is 7.05 Å². The summed E-state index contributed by atoms with van der Waals surface area (Å²) in [6, 6.07) is 10.0. The summed E-state index contributed by atoms with van der Waals surface area (Å²) in [6.45, 7) is 2.01. The van der Waals surface area contributed by atoms with E-state index in [-0.39, 0.29) is 0 Å². The summed E-state index contributed by atoms with van der Waals surface area (Å²) in [5, 5.41) is 3.18. The van der Waals surface area contributed by atoms with Crippen molar-refractivity contribution < 1.29 is 8.98 Å². The van der Waals surface area contributed by atoms with Crippen LogP contribution in [-0.4, -0.2) is 0 Å². The summed E-state index contributed by atoms with van der Waals surface area (Å²) in [5.41, 5.74) is 2.16. The molecule has 0 saturated heterocycles. The molecule has 1 aromatic carbocycles. The van der Waals surface area contributed by atoms with Crippen LogP contribution in [0.25, 0.3) is 6.08 Å². The molecule has 0 spiro atoms. The molecule has 2 rings (SSSR count). The van der Waals surface area contributed by atoms with Crippen LogP contribution < -0.4 is 9.88 Å². The standard InChI is InChI=1S/C13H14N2O/c1-11-10-16-13(15(11)2)8-9-14-12-6-4-3-5-7-12/h3-10H,1-2H3/p+1. The maximum absolute atomic E-state index is 5.37. The largest absolute Gasteiger partial charge is 0.406 e. The molecule has 0 bridgehead atoms. The van der Waals surface area contributed by atoms with Gasteiger partial charge in [0.2, 0.25) is 5.69 Å². The van der Waals surface area contributed by atoms with Crippen LogP contribution in [0.5, 0.6) is 0 Å². The first-order valence-corrected chi connectivity index (χ1v) is 5.19. The molecule has 0 fully saturated rings. The lowest BCUT2D eigenvalue weighted by atomic mass is 10.3. The summed E-state index contributed by atoms with van der Waals surface area (Å²) in [4.78, 5) is 0. The van der Waals surface area contributed by atoms with Crippen molar-refractivity contribution in [1.82, 2.24) is 0 Å². The summed E-state index contributed by atoms with van der Waals surface area (Å²) >= 11 is 0. The van der Waals surface area contributed by atoms with Gasteiger partial charge in [-0.25, -0.2) is 0 Å². The average Bonchev–Trinajstić information content (AvgIpc) is 2.62. The van der Waals surface area contributed by atoms with Crippen molar-refractivity contribution >= 4 is 11.8 Å². The molecule has 1 heterocycles. The molecule has 0 saturated carbocycles. The quantitative estimate of drug-likeness (QED) is 0.797. The summed E-state index contributed by atoms with van der Waals surface area (Å²) in [6.07, 6.45) is 5.51. The minimum absolute atomic E-state index is 0.820. The van der Waals surface area contributed by atoms with Crippen molar-refractivity contribution in [2.75, 3.05) is 5.32 Å². The molecular formula is C13H15N2O+. The maximum Gasteiger partial charge on any atom is 0.374 e. The number of hydrogen-bond donors (Lipinski definition) is 1. The van der Waals surface area contributed by atoms with Crippen LogP contribution in [0.2, 0.25) is 0 Å². The zero-order chi connectivity index (χ0) is 11.4. The number of para-hydroxylation sites is 1. The van der Waals surface area contributed by atoms with E-state index >= 15 is 0 Å². The van der Waals surface area contributed by atoms with E-state index in [2.05, 4.69) is 5.32 Å².